The molecule has 0 spiro atoms. The molecule has 3 nitrogen and oxygen atoms in total. The van der Waals surface area contributed by atoms with E-state index in [1.165, 1.54) is 0 Å². The topological polar surface area (TPSA) is 39.2 Å². The lowest BCUT2D eigenvalue weighted by molar-refractivity contribution is 0.00673. The molecule has 17 heavy (non-hydrogen) atoms. The molecule has 0 saturated carbocycles. The van der Waals surface area contributed by atoms with Crippen LogP contribution in [0.2, 0.25) is 0 Å². The van der Waals surface area contributed by atoms with Gasteiger partial charge in [0.2, 0.25) is 0 Å². The maximum Gasteiger partial charge on any atom is 0.340 e. The van der Waals surface area contributed by atoms with Crippen molar-refractivity contribution in [3.8, 4) is 0 Å². The maximum atomic E-state index is 12.1. The van der Waals surface area contributed by atoms with Gasteiger partial charge in [0.15, 0.2) is 0 Å². The summed E-state index contributed by atoms with van der Waals surface area (Å²) in [6, 6.07) is 0. The van der Waals surface area contributed by atoms with E-state index in [1.54, 1.807) is 0 Å². The Bertz CT molecular complexity index is 461. The standard InChI is InChI=1S/C13H18BrNO2/c1-7-10(12(16)17-13(4,5)6)8(2)15-9(3)11(7)14/h1-6H3. The van der Waals surface area contributed by atoms with E-state index in [-0.39, 0.29) is 5.97 Å². The molecule has 0 N–H and O–H groups in total. The summed E-state index contributed by atoms with van der Waals surface area (Å²) in [5.74, 6) is -0.319. The number of aromatic nitrogens is 1. The zero-order valence-corrected chi connectivity index (χ0v) is 12.7. The molecule has 0 bridgehead atoms. The molecule has 0 aliphatic rings. The number of carbonyl (C=O) groups is 1. The Morgan fingerprint density at radius 1 is 1.18 bits per heavy atom. The van der Waals surface area contributed by atoms with Crippen LogP contribution < -0.4 is 0 Å². The molecule has 4 heteroatoms. The lowest BCUT2D eigenvalue weighted by Crippen LogP contribution is -2.25. The Hall–Kier alpha value is -0.900. The lowest BCUT2D eigenvalue weighted by atomic mass is 10.1. The summed E-state index contributed by atoms with van der Waals surface area (Å²) < 4.78 is 6.25. The van der Waals surface area contributed by atoms with Crippen LogP contribution in [-0.2, 0) is 4.74 Å². The number of nitrogens with zero attached hydrogens (tertiary/aromatic N) is 1. The van der Waals surface area contributed by atoms with Crippen molar-refractivity contribution in [3.05, 3.63) is 27.0 Å². The predicted molar refractivity (Wildman–Crippen MR) is 71.3 cm³/mol. The van der Waals surface area contributed by atoms with E-state index >= 15 is 0 Å². The first kappa shape index (κ1) is 14.2. The van der Waals surface area contributed by atoms with Gasteiger partial charge in [-0.05, 0) is 63.0 Å². The van der Waals surface area contributed by atoms with Crippen molar-refractivity contribution in [2.45, 2.75) is 47.1 Å². The third kappa shape index (κ3) is 3.28. The first-order valence-corrected chi connectivity index (χ1v) is 6.29. The van der Waals surface area contributed by atoms with Crippen molar-refractivity contribution in [2.24, 2.45) is 0 Å². The van der Waals surface area contributed by atoms with E-state index < -0.39 is 5.60 Å². The predicted octanol–water partition coefficient (Wildman–Crippen LogP) is 3.72. The summed E-state index contributed by atoms with van der Waals surface area (Å²) in [7, 11) is 0. The number of halogens is 1. The smallest absolute Gasteiger partial charge is 0.340 e. The third-order valence-electron chi connectivity index (χ3n) is 2.32. The van der Waals surface area contributed by atoms with Gasteiger partial charge in [-0.3, -0.25) is 4.98 Å². The second kappa shape index (κ2) is 4.77. The van der Waals surface area contributed by atoms with Crippen molar-refractivity contribution in [1.82, 2.24) is 4.98 Å². The van der Waals surface area contributed by atoms with Gasteiger partial charge in [-0.15, -0.1) is 0 Å². The van der Waals surface area contributed by atoms with Crippen molar-refractivity contribution >= 4 is 21.9 Å². The van der Waals surface area contributed by atoms with E-state index in [9.17, 15) is 4.79 Å². The largest absolute Gasteiger partial charge is 0.456 e. The highest BCUT2D eigenvalue weighted by atomic mass is 79.9. The highest BCUT2D eigenvalue weighted by molar-refractivity contribution is 9.10. The highest BCUT2D eigenvalue weighted by Crippen LogP contribution is 2.26. The monoisotopic (exact) mass is 299 g/mol. The van der Waals surface area contributed by atoms with Gasteiger partial charge in [0, 0.05) is 4.47 Å². The molecule has 0 atom stereocenters. The molecule has 1 heterocycles. The minimum absolute atomic E-state index is 0.319. The molecule has 94 valence electrons. The first-order chi connectivity index (χ1) is 7.63. The molecule has 0 unspecified atom stereocenters. The van der Waals surface area contributed by atoms with Gasteiger partial charge in [-0.25, -0.2) is 4.79 Å². The fourth-order valence-corrected chi connectivity index (χ4v) is 1.93. The number of pyridine rings is 1. The van der Waals surface area contributed by atoms with E-state index in [4.69, 9.17) is 4.74 Å². The fraction of sp³-hybridized carbons (Fsp3) is 0.538. The molecule has 0 fully saturated rings. The molecule has 0 aliphatic heterocycles. The Kier molecular flexibility index (Phi) is 3.97. The third-order valence-corrected chi connectivity index (χ3v) is 3.49. The highest BCUT2D eigenvalue weighted by Gasteiger charge is 2.23. The minimum atomic E-state index is -0.493. The van der Waals surface area contributed by atoms with Crippen LogP contribution in [0.4, 0.5) is 0 Å². The lowest BCUT2D eigenvalue weighted by Gasteiger charge is -2.21. The minimum Gasteiger partial charge on any atom is -0.456 e. The van der Waals surface area contributed by atoms with Crippen LogP contribution in [0.1, 0.15) is 48.1 Å². The van der Waals surface area contributed by atoms with Crippen LogP contribution in [0.25, 0.3) is 0 Å². The number of hydrogen-bond donors (Lipinski definition) is 0. The molecular weight excluding hydrogens is 282 g/mol. The van der Waals surface area contributed by atoms with Gasteiger partial charge >= 0.3 is 5.97 Å². The van der Waals surface area contributed by atoms with E-state index in [0.717, 1.165) is 15.7 Å². The van der Waals surface area contributed by atoms with Crippen LogP contribution in [0.3, 0.4) is 0 Å². The zero-order chi connectivity index (χ0) is 13.4. The van der Waals surface area contributed by atoms with Crippen LogP contribution >= 0.6 is 15.9 Å². The van der Waals surface area contributed by atoms with Crippen LogP contribution in [0.5, 0.6) is 0 Å². The van der Waals surface area contributed by atoms with Crippen LogP contribution in [0.15, 0.2) is 4.47 Å². The van der Waals surface area contributed by atoms with Gasteiger partial charge in [-0.1, -0.05) is 0 Å². The Morgan fingerprint density at radius 2 is 1.71 bits per heavy atom. The number of rotatable bonds is 1. The molecule has 0 saturated heterocycles. The van der Waals surface area contributed by atoms with Crippen molar-refractivity contribution in [2.75, 3.05) is 0 Å². The van der Waals surface area contributed by atoms with Crippen molar-refractivity contribution in [3.63, 3.8) is 0 Å². The number of aryl methyl sites for hydroxylation is 2. The normalized spacial score (nSPS) is 11.5. The van der Waals surface area contributed by atoms with Gasteiger partial charge in [0.1, 0.15) is 5.60 Å². The number of esters is 1. The van der Waals surface area contributed by atoms with Gasteiger partial charge < -0.3 is 4.74 Å². The summed E-state index contributed by atoms with van der Waals surface area (Å²) in [6.45, 7) is 11.2. The summed E-state index contributed by atoms with van der Waals surface area (Å²) in [5.41, 5.74) is 2.53. The Morgan fingerprint density at radius 3 is 2.18 bits per heavy atom. The summed E-state index contributed by atoms with van der Waals surface area (Å²) in [6.07, 6.45) is 0. The fourth-order valence-electron chi connectivity index (χ4n) is 1.64. The molecule has 1 aromatic rings. The first-order valence-electron chi connectivity index (χ1n) is 5.50. The number of ether oxygens (including phenoxy) is 1. The Labute approximate surface area is 111 Å². The SMILES string of the molecule is Cc1nc(C)c(C(=O)OC(C)(C)C)c(C)c1Br. The molecule has 0 amide bonds. The average molecular weight is 300 g/mol. The second-order valence-electron chi connectivity index (χ2n) is 5.10. The molecule has 1 aromatic heterocycles. The van der Waals surface area contributed by atoms with E-state index in [2.05, 4.69) is 20.9 Å². The van der Waals surface area contributed by atoms with E-state index in [0.29, 0.717) is 11.3 Å². The van der Waals surface area contributed by atoms with E-state index in [1.807, 2.05) is 41.5 Å². The molecular formula is C13H18BrNO2. The van der Waals surface area contributed by atoms with Crippen LogP contribution in [-0.4, -0.2) is 16.6 Å². The summed E-state index contributed by atoms with van der Waals surface area (Å²) in [5, 5.41) is 0. The zero-order valence-electron chi connectivity index (χ0n) is 11.1. The molecule has 1 rings (SSSR count). The van der Waals surface area contributed by atoms with Gasteiger partial charge in [0.25, 0.3) is 0 Å². The molecule has 0 radical (unpaired) electrons. The molecule has 0 aliphatic carbocycles. The average Bonchev–Trinajstić information content (AvgIpc) is 2.11. The van der Waals surface area contributed by atoms with Crippen LogP contribution in [0, 0.1) is 20.8 Å². The number of carbonyl (C=O) groups excluding carboxylic acids is 1. The number of hydrogen-bond acceptors (Lipinski definition) is 3. The van der Waals surface area contributed by atoms with Gasteiger partial charge in [0.05, 0.1) is 17.0 Å². The van der Waals surface area contributed by atoms with Gasteiger partial charge in [-0.2, -0.15) is 0 Å². The van der Waals surface area contributed by atoms with Crippen molar-refractivity contribution in [1.29, 1.82) is 0 Å². The maximum absolute atomic E-state index is 12.1. The molecule has 0 aromatic carbocycles. The van der Waals surface area contributed by atoms with Crippen molar-refractivity contribution < 1.29 is 9.53 Å². The Balaban J connectivity index is 3.24. The summed E-state index contributed by atoms with van der Waals surface area (Å²) >= 11 is 3.44. The summed E-state index contributed by atoms with van der Waals surface area (Å²) in [4.78, 5) is 16.4. The quantitative estimate of drug-likeness (QED) is 0.742. The second-order valence-corrected chi connectivity index (χ2v) is 5.89.